The number of rotatable bonds is 3. The predicted octanol–water partition coefficient (Wildman–Crippen LogP) is 2.86. The molecule has 0 aliphatic carbocycles. The Kier molecular flexibility index (Phi) is 4.07. The van der Waals surface area contributed by atoms with E-state index in [1.54, 1.807) is 19.1 Å². The van der Waals surface area contributed by atoms with Crippen LogP contribution in [-0.4, -0.2) is 11.2 Å². The average Bonchev–Trinajstić information content (AvgIpc) is 2.13. The minimum Gasteiger partial charge on any atom is -0.326 e. The molecule has 0 fully saturated rings. The van der Waals surface area contributed by atoms with E-state index in [-0.39, 0.29) is 11.7 Å². The monoisotopic (exact) mass is 259 g/mol. The van der Waals surface area contributed by atoms with Crippen LogP contribution in [0.15, 0.2) is 18.2 Å². The van der Waals surface area contributed by atoms with Gasteiger partial charge >= 0.3 is 0 Å². The summed E-state index contributed by atoms with van der Waals surface area (Å²) in [7, 11) is 0. The molecule has 0 bridgehead atoms. The summed E-state index contributed by atoms with van der Waals surface area (Å²) in [5.41, 5.74) is 1.01. The molecule has 1 rings (SSSR count). The number of hydrogen-bond donors (Lipinski definition) is 1. The van der Waals surface area contributed by atoms with Crippen LogP contribution in [-0.2, 0) is 4.79 Å². The van der Waals surface area contributed by atoms with Gasteiger partial charge in [0.2, 0.25) is 5.91 Å². The van der Waals surface area contributed by atoms with Gasteiger partial charge in [-0.25, -0.2) is 4.39 Å². The number of carbonyl (C=O) groups is 1. The Bertz CT molecular complexity index is 341. The highest BCUT2D eigenvalue weighted by molar-refractivity contribution is 9.09. The molecule has 0 spiro atoms. The van der Waals surface area contributed by atoms with Gasteiger partial charge in [0.05, 0.1) is 0 Å². The standard InChI is InChI=1S/C10H11BrFNO/c1-7-8(12)3-2-4-9(7)13-10(14)5-6-11/h2-4H,5-6H2,1H3,(H,13,14). The number of halogens is 2. The van der Waals surface area contributed by atoms with Crippen molar-refractivity contribution in [2.75, 3.05) is 10.6 Å². The van der Waals surface area contributed by atoms with Crippen LogP contribution in [0.25, 0.3) is 0 Å². The highest BCUT2D eigenvalue weighted by atomic mass is 79.9. The van der Waals surface area contributed by atoms with E-state index in [2.05, 4.69) is 21.2 Å². The Hall–Kier alpha value is -0.900. The van der Waals surface area contributed by atoms with E-state index < -0.39 is 0 Å². The van der Waals surface area contributed by atoms with Gasteiger partial charge < -0.3 is 5.32 Å². The summed E-state index contributed by atoms with van der Waals surface area (Å²) >= 11 is 3.16. The second-order valence-electron chi connectivity index (χ2n) is 2.90. The Morgan fingerprint density at radius 3 is 2.93 bits per heavy atom. The van der Waals surface area contributed by atoms with Gasteiger partial charge in [-0.05, 0) is 19.1 Å². The molecular formula is C10H11BrFNO. The van der Waals surface area contributed by atoms with Crippen LogP contribution in [0.2, 0.25) is 0 Å². The molecule has 0 saturated heterocycles. The van der Waals surface area contributed by atoms with Gasteiger partial charge in [-0.15, -0.1) is 0 Å². The lowest BCUT2D eigenvalue weighted by molar-refractivity contribution is -0.115. The van der Waals surface area contributed by atoms with Gasteiger partial charge in [0.1, 0.15) is 5.82 Å². The first kappa shape index (κ1) is 11.2. The largest absolute Gasteiger partial charge is 0.326 e. The molecule has 0 aromatic heterocycles. The Morgan fingerprint density at radius 1 is 1.57 bits per heavy atom. The van der Waals surface area contributed by atoms with Crippen LogP contribution in [0.4, 0.5) is 10.1 Å². The molecule has 0 saturated carbocycles. The SMILES string of the molecule is Cc1c(F)cccc1NC(=O)CCBr. The zero-order valence-electron chi connectivity index (χ0n) is 7.81. The van der Waals surface area contributed by atoms with Crippen LogP contribution in [0.1, 0.15) is 12.0 Å². The van der Waals surface area contributed by atoms with E-state index in [0.717, 1.165) is 0 Å². The van der Waals surface area contributed by atoms with Crippen LogP contribution < -0.4 is 5.32 Å². The summed E-state index contributed by atoms with van der Waals surface area (Å²) in [6, 6.07) is 4.63. The number of amides is 1. The predicted molar refractivity (Wildman–Crippen MR) is 58.2 cm³/mol. The molecule has 1 aromatic carbocycles. The minimum absolute atomic E-state index is 0.115. The summed E-state index contributed by atoms with van der Waals surface area (Å²) in [6.07, 6.45) is 0.385. The maximum Gasteiger partial charge on any atom is 0.225 e. The highest BCUT2D eigenvalue weighted by Crippen LogP contribution is 2.17. The topological polar surface area (TPSA) is 29.1 Å². The van der Waals surface area contributed by atoms with Crippen molar-refractivity contribution >= 4 is 27.5 Å². The lowest BCUT2D eigenvalue weighted by Crippen LogP contribution is -2.12. The smallest absolute Gasteiger partial charge is 0.225 e. The van der Waals surface area contributed by atoms with E-state index in [1.165, 1.54) is 6.07 Å². The molecule has 1 amide bonds. The van der Waals surface area contributed by atoms with E-state index in [4.69, 9.17) is 0 Å². The number of benzene rings is 1. The van der Waals surface area contributed by atoms with E-state index in [0.29, 0.717) is 23.0 Å². The number of nitrogens with one attached hydrogen (secondary N) is 1. The molecule has 0 aliphatic rings. The first-order chi connectivity index (χ1) is 6.65. The molecule has 76 valence electrons. The first-order valence-corrected chi connectivity index (χ1v) is 5.38. The molecule has 0 radical (unpaired) electrons. The second kappa shape index (κ2) is 5.10. The molecule has 0 atom stereocenters. The third-order valence-electron chi connectivity index (χ3n) is 1.86. The van der Waals surface area contributed by atoms with Crippen LogP contribution in [0, 0.1) is 12.7 Å². The summed E-state index contributed by atoms with van der Waals surface area (Å²) < 4.78 is 13.1. The van der Waals surface area contributed by atoms with Crippen molar-refractivity contribution in [2.45, 2.75) is 13.3 Å². The van der Waals surface area contributed by atoms with E-state index >= 15 is 0 Å². The van der Waals surface area contributed by atoms with Crippen molar-refractivity contribution in [3.8, 4) is 0 Å². The summed E-state index contributed by atoms with van der Waals surface area (Å²) in [4.78, 5) is 11.2. The second-order valence-corrected chi connectivity index (χ2v) is 3.69. The van der Waals surface area contributed by atoms with Gasteiger partial charge in [-0.1, -0.05) is 22.0 Å². The minimum atomic E-state index is -0.304. The number of carbonyl (C=O) groups excluding carboxylic acids is 1. The molecule has 2 nitrogen and oxygen atoms in total. The summed E-state index contributed by atoms with van der Waals surface area (Å²) in [5.74, 6) is -0.419. The molecule has 1 N–H and O–H groups in total. The number of alkyl halides is 1. The van der Waals surface area contributed by atoms with Gasteiger partial charge in [0.25, 0.3) is 0 Å². The van der Waals surface area contributed by atoms with Gasteiger partial charge in [0, 0.05) is 23.0 Å². The summed E-state index contributed by atoms with van der Waals surface area (Å²) in [6.45, 7) is 1.64. The normalized spacial score (nSPS) is 9.93. The van der Waals surface area contributed by atoms with Crippen molar-refractivity contribution in [2.24, 2.45) is 0 Å². The Labute approximate surface area is 90.6 Å². The van der Waals surface area contributed by atoms with Crippen LogP contribution in [0.3, 0.4) is 0 Å². The highest BCUT2D eigenvalue weighted by Gasteiger charge is 2.06. The molecule has 14 heavy (non-hydrogen) atoms. The fourth-order valence-electron chi connectivity index (χ4n) is 1.04. The fraction of sp³-hybridized carbons (Fsp3) is 0.300. The van der Waals surface area contributed by atoms with Crippen LogP contribution >= 0.6 is 15.9 Å². The zero-order valence-corrected chi connectivity index (χ0v) is 9.40. The molecular weight excluding hydrogens is 249 g/mol. The molecule has 4 heteroatoms. The molecule has 0 heterocycles. The van der Waals surface area contributed by atoms with Crippen molar-refractivity contribution in [1.29, 1.82) is 0 Å². The Morgan fingerprint density at radius 2 is 2.29 bits per heavy atom. The Balaban J connectivity index is 2.76. The lowest BCUT2D eigenvalue weighted by atomic mass is 10.2. The van der Waals surface area contributed by atoms with Crippen molar-refractivity contribution in [3.05, 3.63) is 29.6 Å². The molecule has 0 aliphatic heterocycles. The quantitative estimate of drug-likeness (QED) is 0.832. The third-order valence-corrected chi connectivity index (χ3v) is 2.26. The van der Waals surface area contributed by atoms with Crippen LogP contribution in [0.5, 0.6) is 0 Å². The molecule has 0 unspecified atom stereocenters. The van der Waals surface area contributed by atoms with Gasteiger partial charge in [-0.3, -0.25) is 4.79 Å². The third kappa shape index (κ3) is 2.80. The fourth-order valence-corrected chi connectivity index (χ4v) is 1.40. The van der Waals surface area contributed by atoms with Gasteiger partial charge in [-0.2, -0.15) is 0 Å². The van der Waals surface area contributed by atoms with E-state index in [1.807, 2.05) is 0 Å². The first-order valence-electron chi connectivity index (χ1n) is 4.26. The van der Waals surface area contributed by atoms with E-state index in [9.17, 15) is 9.18 Å². The summed E-state index contributed by atoms with van der Waals surface area (Å²) in [5, 5.41) is 3.25. The number of anilines is 1. The van der Waals surface area contributed by atoms with Gasteiger partial charge in [0.15, 0.2) is 0 Å². The van der Waals surface area contributed by atoms with Crippen molar-refractivity contribution in [3.63, 3.8) is 0 Å². The average molecular weight is 260 g/mol. The zero-order chi connectivity index (χ0) is 10.6. The number of hydrogen-bond acceptors (Lipinski definition) is 1. The maximum absolute atomic E-state index is 13.1. The molecule has 1 aromatic rings. The lowest BCUT2D eigenvalue weighted by Gasteiger charge is -2.07. The van der Waals surface area contributed by atoms with Crippen molar-refractivity contribution < 1.29 is 9.18 Å². The van der Waals surface area contributed by atoms with Crippen molar-refractivity contribution in [1.82, 2.24) is 0 Å². The maximum atomic E-state index is 13.1.